The fraction of sp³-hybridized carbons (Fsp3) is 0.444. The lowest BCUT2D eigenvalue weighted by atomic mass is 10.1. The quantitative estimate of drug-likeness (QED) is 0.217. The number of hydrogen-bond donors (Lipinski definition) is 0. The SMILES string of the molecule is C=CCN1C(=O)C(=O)N(CC(=O)c2cc(C)n(CCCOC)c2C)C1=O. The van der Waals surface area contributed by atoms with Gasteiger partial charge in [0.05, 0.1) is 6.54 Å². The monoisotopic (exact) mass is 361 g/mol. The van der Waals surface area contributed by atoms with Crippen LogP contribution in [0.2, 0.25) is 0 Å². The number of methoxy groups -OCH3 is 1. The molecule has 0 N–H and O–H groups in total. The fourth-order valence-electron chi connectivity index (χ4n) is 3.00. The maximum Gasteiger partial charge on any atom is 0.334 e. The Morgan fingerprint density at radius 2 is 1.85 bits per heavy atom. The van der Waals surface area contributed by atoms with Crippen LogP contribution in [0.1, 0.15) is 28.2 Å². The number of urea groups is 1. The molecule has 2 heterocycles. The number of carbonyl (C=O) groups is 4. The van der Waals surface area contributed by atoms with Crippen LogP contribution in [0.4, 0.5) is 4.79 Å². The maximum absolute atomic E-state index is 12.6. The highest BCUT2D eigenvalue weighted by atomic mass is 16.5. The van der Waals surface area contributed by atoms with Crippen LogP contribution < -0.4 is 0 Å². The Bertz CT molecular complexity index is 765. The summed E-state index contributed by atoms with van der Waals surface area (Å²) in [6.07, 6.45) is 2.15. The average molecular weight is 361 g/mol. The lowest BCUT2D eigenvalue weighted by Crippen LogP contribution is -2.37. The zero-order valence-corrected chi connectivity index (χ0v) is 15.3. The van der Waals surface area contributed by atoms with Gasteiger partial charge in [0, 0.05) is 43.8 Å². The summed E-state index contributed by atoms with van der Waals surface area (Å²) in [5, 5.41) is 0. The van der Waals surface area contributed by atoms with Gasteiger partial charge < -0.3 is 9.30 Å². The van der Waals surface area contributed by atoms with Gasteiger partial charge in [-0.3, -0.25) is 19.3 Å². The molecule has 0 unspecified atom stereocenters. The molecule has 0 aromatic carbocycles. The van der Waals surface area contributed by atoms with Crippen LogP contribution in [0.15, 0.2) is 18.7 Å². The zero-order chi connectivity index (χ0) is 19.4. The van der Waals surface area contributed by atoms with E-state index in [1.54, 1.807) is 13.2 Å². The number of hydrogen-bond acceptors (Lipinski definition) is 5. The Kier molecular flexibility index (Phi) is 6.10. The summed E-state index contributed by atoms with van der Waals surface area (Å²) in [5.74, 6) is -2.31. The van der Waals surface area contributed by atoms with E-state index < -0.39 is 24.4 Å². The molecule has 140 valence electrons. The molecule has 1 aliphatic heterocycles. The lowest BCUT2D eigenvalue weighted by Gasteiger charge is -2.14. The van der Waals surface area contributed by atoms with Crippen molar-refractivity contribution in [3.63, 3.8) is 0 Å². The number of imide groups is 2. The molecule has 8 heteroatoms. The van der Waals surface area contributed by atoms with Crippen molar-refractivity contribution in [2.24, 2.45) is 0 Å². The van der Waals surface area contributed by atoms with E-state index in [0.717, 1.165) is 22.7 Å². The number of rotatable bonds is 9. The molecular weight excluding hydrogens is 338 g/mol. The van der Waals surface area contributed by atoms with Crippen molar-refractivity contribution in [3.05, 3.63) is 35.7 Å². The summed E-state index contributed by atoms with van der Waals surface area (Å²) in [4.78, 5) is 50.2. The molecule has 2 rings (SSSR count). The van der Waals surface area contributed by atoms with Gasteiger partial charge in [0.1, 0.15) is 0 Å². The van der Waals surface area contributed by atoms with Gasteiger partial charge in [0.2, 0.25) is 0 Å². The minimum atomic E-state index is -0.987. The normalized spacial score (nSPS) is 14.5. The fourth-order valence-corrected chi connectivity index (χ4v) is 3.00. The van der Waals surface area contributed by atoms with Crippen LogP contribution in [0.25, 0.3) is 0 Å². The highest BCUT2D eigenvalue weighted by Gasteiger charge is 2.44. The molecule has 1 aliphatic rings. The van der Waals surface area contributed by atoms with Crippen LogP contribution in [0, 0.1) is 13.8 Å². The molecule has 1 fully saturated rings. The molecule has 1 aromatic rings. The van der Waals surface area contributed by atoms with Crippen LogP contribution in [0.5, 0.6) is 0 Å². The van der Waals surface area contributed by atoms with Gasteiger partial charge in [-0.25, -0.2) is 9.69 Å². The topological polar surface area (TPSA) is 88.9 Å². The van der Waals surface area contributed by atoms with E-state index in [9.17, 15) is 19.2 Å². The van der Waals surface area contributed by atoms with E-state index in [1.165, 1.54) is 6.08 Å². The number of ketones is 1. The van der Waals surface area contributed by atoms with Crippen LogP contribution in [0.3, 0.4) is 0 Å². The van der Waals surface area contributed by atoms with Crippen LogP contribution in [-0.2, 0) is 20.9 Å². The van der Waals surface area contributed by atoms with Gasteiger partial charge in [0.25, 0.3) is 0 Å². The first-order valence-electron chi connectivity index (χ1n) is 8.30. The molecule has 0 atom stereocenters. The Hall–Kier alpha value is -2.74. The van der Waals surface area contributed by atoms with E-state index in [0.29, 0.717) is 23.6 Å². The lowest BCUT2D eigenvalue weighted by molar-refractivity contribution is -0.142. The average Bonchev–Trinajstić information content (AvgIpc) is 2.99. The predicted octanol–water partition coefficient (Wildman–Crippen LogP) is 1.30. The summed E-state index contributed by atoms with van der Waals surface area (Å²) in [6, 6.07) is 0.945. The third-order valence-corrected chi connectivity index (χ3v) is 4.35. The maximum atomic E-state index is 12.6. The van der Waals surface area contributed by atoms with Gasteiger partial charge in [-0.2, -0.15) is 0 Å². The Labute approximate surface area is 152 Å². The molecular formula is C18H23N3O5. The number of Topliss-reactive ketones (excluding diaryl/α,β-unsaturated/α-hetero) is 1. The van der Waals surface area contributed by atoms with Crippen molar-refractivity contribution in [3.8, 4) is 0 Å². The second-order valence-corrected chi connectivity index (χ2v) is 6.08. The van der Waals surface area contributed by atoms with Crippen molar-refractivity contribution in [1.82, 2.24) is 14.4 Å². The van der Waals surface area contributed by atoms with Gasteiger partial charge in [-0.05, 0) is 26.3 Å². The molecule has 0 bridgehead atoms. The minimum absolute atomic E-state index is 0.0674. The van der Waals surface area contributed by atoms with Gasteiger partial charge in [-0.15, -0.1) is 6.58 Å². The summed E-state index contributed by atoms with van der Waals surface area (Å²) in [6.45, 7) is 7.94. The van der Waals surface area contributed by atoms with Crippen molar-refractivity contribution >= 4 is 23.6 Å². The standard InChI is InChI=1S/C18H23N3O5/c1-5-7-20-16(23)17(24)21(18(20)25)11-15(22)14-10-12(2)19(13(14)3)8-6-9-26-4/h5,10H,1,6-9,11H2,2-4H3. The number of amides is 4. The van der Waals surface area contributed by atoms with Crippen molar-refractivity contribution in [1.29, 1.82) is 0 Å². The number of aryl methyl sites for hydroxylation is 1. The number of carbonyl (C=O) groups excluding carboxylic acids is 4. The van der Waals surface area contributed by atoms with E-state index >= 15 is 0 Å². The molecule has 26 heavy (non-hydrogen) atoms. The smallest absolute Gasteiger partial charge is 0.334 e. The number of ether oxygens (including phenoxy) is 1. The third-order valence-electron chi connectivity index (χ3n) is 4.35. The first-order chi connectivity index (χ1) is 12.3. The summed E-state index contributed by atoms with van der Waals surface area (Å²) < 4.78 is 7.04. The number of aromatic nitrogens is 1. The van der Waals surface area contributed by atoms with E-state index in [1.807, 2.05) is 18.4 Å². The summed E-state index contributed by atoms with van der Waals surface area (Å²) in [5.41, 5.74) is 2.11. The Morgan fingerprint density at radius 3 is 2.46 bits per heavy atom. The third kappa shape index (κ3) is 3.60. The summed E-state index contributed by atoms with van der Waals surface area (Å²) >= 11 is 0. The van der Waals surface area contributed by atoms with Gasteiger partial charge >= 0.3 is 17.8 Å². The first kappa shape index (κ1) is 19.6. The van der Waals surface area contributed by atoms with Crippen LogP contribution >= 0.6 is 0 Å². The Morgan fingerprint density at radius 1 is 1.19 bits per heavy atom. The van der Waals surface area contributed by atoms with Crippen molar-refractivity contribution in [2.75, 3.05) is 26.8 Å². The minimum Gasteiger partial charge on any atom is -0.385 e. The largest absolute Gasteiger partial charge is 0.385 e. The van der Waals surface area contributed by atoms with Gasteiger partial charge in [0.15, 0.2) is 5.78 Å². The highest BCUT2D eigenvalue weighted by Crippen LogP contribution is 2.19. The van der Waals surface area contributed by atoms with E-state index in [2.05, 4.69) is 6.58 Å². The molecule has 1 saturated heterocycles. The molecule has 0 radical (unpaired) electrons. The van der Waals surface area contributed by atoms with Crippen molar-refractivity contribution in [2.45, 2.75) is 26.8 Å². The molecule has 0 spiro atoms. The molecule has 1 aromatic heterocycles. The molecule has 0 saturated carbocycles. The number of nitrogens with zero attached hydrogens (tertiary/aromatic N) is 3. The van der Waals surface area contributed by atoms with E-state index in [-0.39, 0.29) is 12.3 Å². The molecule has 8 nitrogen and oxygen atoms in total. The summed E-state index contributed by atoms with van der Waals surface area (Å²) in [7, 11) is 1.63. The molecule has 4 amide bonds. The first-order valence-corrected chi connectivity index (χ1v) is 8.30. The zero-order valence-electron chi connectivity index (χ0n) is 15.3. The van der Waals surface area contributed by atoms with Crippen molar-refractivity contribution < 1.29 is 23.9 Å². The predicted molar refractivity (Wildman–Crippen MR) is 93.7 cm³/mol. The second kappa shape index (κ2) is 8.09. The Balaban J connectivity index is 2.16. The highest BCUT2D eigenvalue weighted by molar-refractivity contribution is 6.45. The van der Waals surface area contributed by atoms with E-state index in [4.69, 9.17) is 4.74 Å². The van der Waals surface area contributed by atoms with Gasteiger partial charge in [-0.1, -0.05) is 6.08 Å². The second-order valence-electron chi connectivity index (χ2n) is 6.08. The van der Waals surface area contributed by atoms with Crippen LogP contribution in [-0.4, -0.2) is 64.8 Å². The molecule has 0 aliphatic carbocycles.